The molecule has 0 spiro atoms. The van der Waals surface area contributed by atoms with E-state index >= 15 is 0 Å². The van der Waals surface area contributed by atoms with Crippen LogP contribution in [0.3, 0.4) is 0 Å². The molecule has 0 aromatic heterocycles. The van der Waals surface area contributed by atoms with E-state index in [1.165, 1.54) is 32.1 Å². The molecular weight excluding hydrogens is 164 g/mol. The van der Waals surface area contributed by atoms with Crippen molar-refractivity contribution >= 4 is 5.97 Å². The summed E-state index contributed by atoms with van der Waals surface area (Å²) in [7, 11) is 0. The van der Waals surface area contributed by atoms with Gasteiger partial charge in [0.15, 0.2) is 0 Å². The van der Waals surface area contributed by atoms with Gasteiger partial charge in [0, 0.05) is 6.42 Å². The number of allylic oxidation sites excluding steroid dienone is 2. The molecule has 0 fully saturated rings. The Hall–Kier alpha value is -0.790. The quantitative estimate of drug-likeness (QED) is 0.462. The van der Waals surface area contributed by atoms with Crippen molar-refractivity contribution in [2.24, 2.45) is 0 Å². The number of unbranched alkanes of at least 4 members (excludes halogenated alkanes) is 4. The van der Waals surface area contributed by atoms with E-state index in [9.17, 15) is 4.79 Å². The van der Waals surface area contributed by atoms with E-state index in [0.717, 1.165) is 12.8 Å². The van der Waals surface area contributed by atoms with Crippen LogP contribution in [-0.2, 0) is 4.79 Å². The minimum atomic E-state index is -0.664. The van der Waals surface area contributed by atoms with Gasteiger partial charge >= 0.3 is 5.97 Å². The summed E-state index contributed by atoms with van der Waals surface area (Å²) in [6.45, 7) is 0. The molecule has 0 saturated heterocycles. The lowest BCUT2D eigenvalue weighted by Crippen LogP contribution is -1.93. The van der Waals surface area contributed by atoms with Crippen molar-refractivity contribution < 1.29 is 9.90 Å². The molecule has 2 heteroatoms. The lowest BCUT2D eigenvalue weighted by Gasteiger charge is -1.98. The molecule has 1 aliphatic carbocycles. The molecule has 1 aliphatic rings. The third kappa shape index (κ3) is 6.38. The van der Waals surface area contributed by atoms with E-state index in [4.69, 9.17) is 5.11 Å². The first-order valence-electron chi connectivity index (χ1n) is 5.19. The summed E-state index contributed by atoms with van der Waals surface area (Å²) in [4.78, 5) is 10.2. The van der Waals surface area contributed by atoms with Gasteiger partial charge in [0.05, 0.1) is 0 Å². The molecule has 0 heterocycles. The van der Waals surface area contributed by atoms with Crippen LogP contribution in [0.4, 0.5) is 0 Å². The van der Waals surface area contributed by atoms with Crippen LogP contribution in [0.1, 0.15) is 51.4 Å². The van der Waals surface area contributed by atoms with E-state index in [-0.39, 0.29) is 0 Å². The largest absolute Gasteiger partial charge is 0.481 e. The molecule has 0 aromatic rings. The lowest BCUT2D eigenvalue weighted by atomic mass is 10.1. The van der Waals surface area contributed by atoms with E-state index in [0.29, 0.717) is 6.42 Å². The van der Waals surface area contributed by atoms with Crippen molar-refractivity contribution in [1.29, 1.82) is 0 Å². The van der Waals surface area contributed by atoms with Gasteiger partial charge in [0.2, 0.25) is 0 Å². The van der Waals surface area contributed by atoms with Gasteiger partial charge in [0.25, 0.3) is 0 Å². The molecule has 1 rings (SSSR count). The van der Waals surface area contributed by atoms with Gasteiger partial charge < -0.3 is 5.11 Å². The SMILES string of the molecule is O=C(O)CCCCCCCC1=CC1. The number of rotatable bonds is 8. The molecule has 0 radical (unpaired) electrons. The fourth-order valence-electron chi connectivity index (χ4n) is 1.43. The zero-order chi connectivity index (χ0) is 9.52. The second kappa shape index (κ2) is 5.79. The molecule has 2 nitrogen and oxygen atoms in total. The summed E-state index contributed by atoms with van der Waals surface area (Å²) >= 11 is 0. The van der Waals surface area contributed by atoms with Crippen LogP contribution in [0.25, 0.3) is 0 Å². The standard InChI is InChI=1S/C11H18O2/c12-11(13)7-5-3-1-2-4-6-10-8-9-10/h8H,1-7,9H2,(H,12,13). The highest BCUT2D eigenvalue weighted by Gasteiger charge is 2.05. The Bertz CT molecular complexity index is 188. The zero-order valence-corrected chi connectivity index (χ0v) is 8.09. The van der Waals surface area contributed by atoms with Gasteiger partial charge in [-0.05, 0) is 25.7 Å². The third-order valence-electron chi connectivity index (χ3n) is 2.38. The second-order valence-corrected chi connectivity index (χ2v) is 3.73. The van der Waals surface area contributed by atoms with Gasteiger partial charge in [-0.1, -0.05) is 30.9 Å². The predicted molar refractivity (Wildman–Crippen MR) is 52.7 cm³/mol. The van der Waals surface area contributed by atoms with E-state index in [1.807, 2.05) is 0 Å². The first-order valence-corrected chi connectivity index (χ1v) is 5.19. The van der Waals surface area contributed by atoms with E-state index in [1.54, 1.807) is 5.57 Å². The normalized spacial score (nSPS) is 14.0. The fraction of sp³-hybridized carbons (Fsp3) is 0.727. The molecule has 0 aromatic carbocycles. The van der Waals surface area contributed by atoms with Crippen LogP contribution in [0.2, 0.25) is 0 Å². The van der Waals surface area contributed by atoms with Crippen LogP contribution in [0.5, 0.6) is 0 Å². The summed E-state index contributed by atoms with van der Waals surface area (Å²) < 4.78 is 0. The molecule has 0 amide bonds. The average molecular weight is 182 g/mol. The number of carboxylic acid groups (broad SMARTS) is 1. The molecule has 13 heavy (non-hydrogen) atoms. The molecular formula is C11H18O2. The Morgan fingerprint density at radius 3 is 2.46 bits per heavy atom. The maximum absolute atomic E-state index is 10.2. The van der Waals surface area contributed by atoms with Gasteiger partial charge in [-0.15, -0.1) is 0 Å². The fourth-order valence-corrected chi connectivity index (χ4v) is 1.43. The molecule has 0 saturated carbocycles. The summed E-state index contributed by atoms with van der Waals surface area (Å²) in [5, 5.41) is 8.39. The van der Waals surface area contributed by atoms with Crippen molar-refractivity contribution in [2.45, 2.75) is 51.4 Å². The maximum atomic E-state index is 10.2. The number of carbonyl (C=O) groups is 1. The van der Waals surface area contributed by atoms with Gasteiger partial charge in [-0.3, -0.25) is 4.79 Å². The summed E-state index contributed by atoms with van der Waals surface area (Å²) in [6, 6.07) is 0. The van der Waals surface area contributed by atoms with Crippen molar-refractivity contribution in [3.63, 3.8) is 0 Å². The Morgan fingerprint density at radius 1 is 1.23 bits per heavy atom. The Kier molecular flexibility index (Phi) is 4.58. The smallest absolute Gasteiger partial charge is 0.303 e. The van der Waals surface area contributed by atoms with Crippen LogP contribution in [-0.4, -0.2) is 11.1 Å². The average Bonchev–Trinajstić information content (AvgIpc) is 2.86. The maximum Gasteiger partial charge on any atom is 0.303 e. The number of carboxylic acids is 1. The number of hydrogen-bond donors (Lipinski definition) is 1. The summed E-state index contributed by atoms with van der Waals surface area (Å²) in [5.41, 5.74) is 1.62. The first-order chi connectivity index (χ1) is 6.29. The molecule has 74 valence electrons. The minimum Gasteiger partial charge on any atom is -0.481 e. The van der Waals surface area contributed by atoms with Crippen molar-refractivity contribution in [3.8, 4) is 0 Å². The highest BCUT2D eigenvalue weighted by molar-refractivity contribution is 5.66. The van der Waals surface area contributed by atoms with Crippen LogP contribution < -0.4 is 0 Å². The predicted octanol–water partition coefficient (Wildman–Crippen LogP) is 3.13. The molecule has 1 N–H and O–H groups in total. The Balaban J connectivity index is 1.73. The molecule has 0 unspecified atom stereocenters. The van der Waals surface area contributed by atoms with Crippen LogP contribution >= 0.6 is 0 Å². The summed E-state index contributed by atoms with van der Waals surface area (Å²) in [5.74, 6) is -0.664. The van der Waals surface area contributed by atoms with Crippen LogP contribution in [0.15, 0.2) is 11.6 Å². The summed E-state index contributed by atoms with van der Waals surface area (Å²) in [6.07, 6.45) is 10.8. The lowest BCUT2D eigenvalue weighted by molar-refractivity contribution is -0.137. The van der Waals surface area contributed by atoms with Gasteiger partial charge in [0.1, 0.15) is 0 Å². The van der Waals surface area contributed by atoms with Crippen LogP contribution in [0, 0.1) is 0 Å². The third-order valence-corrected chi connectivity index (χ3v) is 2.38. The zero-order valence-electron chi connectivity index (χ0n) is 8.09. The second-order valence-electron chi connectivity index (χ2n) is 3.73. The minimum absolute atomic E-state index is 0.338. The highest BCUT2D eigenvalue weighted by atomic mass is 16.4. The van der Waals surface area contributed by atoms with Gasteiger partial charge in [-0.2, -0.15) is 0 Å². The van der Waals surface area contributed by atoms with Crippen molar-refractivity contribution in [1.82, 2.24) is 0 Å². The van der Waals surface area contributed by atoms with E-state index < -0.39 is 5.97 Å². The highest BCUT2D eigenvalue weighted by Crippen LogP contribution is 2.24. The Morgan fingerprint density at radius 2 is 1.85 bits per heavy atom. The monoisotopic (exact) mass is 182 g/mol. The number of aliphatic carboxylic acids is 1. The molecule has 0 bridgehead atoms. The van der Waals surface area contributed by atoms with Crippen molar-refractivity contribution in [3.05, 3.63) is 11.6 Å². The molecule has 0 aliphatic heterocycles. The molecule has 0 atom stereocenters. The number of hydrogen-bond acceptors (Lipinski definition) is 1. The first kappa shape index (κ1) is 10.3. The van der Waals surface area contributed by atoms with Gasteiger partial charge in [-0.25, -0.2) is 0 Å². The topological polar surface area (TPSA) is 37.3 Å². The van der Waals surface area contributed by atoms with E-state index in [2.05, 4.69) is 6.08 Å². The van der Waals surface area contributed by atoms with Crippen molar-refractivity contribution in [2.75, 3.05) is 0 Å². The Labute approximate surface area is 79.6 Å².